The van der Waals surface area contributed by atoms with Crippen LogP contribution in [0.3, 0.4) is 0 Å². The summed E-state index contributed by atoms with van der Waals surface area (Å²) < 4.78 is 5.66. The molecule has 8 heteroatoms. The standard InChI is InChI=1S/C23H27N5O3/c1-14-11-18(5-6-20(14)28-9-10-31-15(2)13-28)25-22-21-17(7-8-24-23(21)29)12-19(26-22)16(3)27-30-4/h5-8,11-12,15,27H,3,9-10,13H2,1-2,4H3,(H,24,29)(H,25,26)/t15-/m1/s1. The van der Waals surface area contributed by atoms with Gasteiger partial charge in [-0.2, -0.15) is 0 Å². The van der Waals surface area contributed by atoms with Gasteiger partial charge >= 0.3 is 0 Å². The summed E-state index contributed by atoms with van der Waals surface area (Å²) in [5.41, 5.74) is 6.75. The molecule has 1 atom stereocenters. The lowest BCUT2D eigenvalue weighted by Gasteiger charge is -2.34. The molecule has 1 fully saturated rings. The highest BCUT2D eigenvalue weighted by Crippen LogP contribution is 2.29. The Hall–Kier alpha value is -3.36. The van der Waals surface area contributed by atoms with E-state index in [1.807, 2.05) is 12.1 Å². The molecule has 0 radical (unpaired) electrons. The van der Waals surface area contributed by atoms with E-state index in [4.69, 9.17) is 9.57 Å². The molecular weight excluding hydrogens is 394 g/mol. The first-order valence-corrected chi connectivity index (χ1v) is 10.2. The zero-order valence-corrected chi connectivity index (χ0v) is 18.0. The van der Waals surface area contributed by atoms with Crippen molar-refractivity contribution >= 4 is 33.7 Å². The van der Waals surface area contributed by atoms with Gasteiger partial charge in [-0.3, -0.25) is 15.1 Å². The average molecular weight is 422 g/mol. The number of pyridine rings is 2. The molecule has 0 unspecified atom stereocenters. The van der Waals surface area contributed by atoms with Crippen LogP contribution in [0.5, 0.6) is 0 Å². The minimum absolute atomic E-state index is 0.208. The second-order valence-electron chi connectivity index (χ2n) is 7.67. The molecule has 1 aromatic carbocycles. The Labute approximate surface area is 180 Å². The maximum absolute atomic E-state index is 12.5. The number of aromatic amines is 1. The molecule has 1 aliphatic heterocycles. The van der Waals surface area contributed by atoms with Gasteiger partial charge in [0, 0.05) is 30.7 Å². The van der Waals surface area contributed by atoms with Gasteiger partial charge in [-0.25, -0.2) is 4.98 Å². The molecule has 0 saturated carbocycles. The van der Waals surface area contributed by atoms with Gasteiger partial charge in [0.1, 0.15) is 5.82 Å². The predicted molar refractivity (Wildman–Crippen MR) is 124 cm³/mol. The number of hydroxylamine groups is 1. The van der Waals surface area contributed by atoms with Gasteiger partial charge in [-0.05, 0) is 55.1 Å². The summed E-state index contributed by atoms with van der Waals surface area (Å²) in [4.78, 5) is 27.2. The molecule has 1 aliphatic rings. The Balaban J connectivity index is 1.70. The largest absolute Gasteiger partial charge is 0.375 e. The zero-order chi connectivity index (χ0) is 22.0. The third-order valence-corrected chi connectivity index (χ3v) is 5.33. The molecule has 0 aliphatic carbocycles. The predicted octanol–water partition coefficient (Wildman–Crippen LogP) is 3.32. The first-order valence-electron chi connectivity index (χ1n) is 10.2. The second kappa shape index (κ2) is 8.79. The van der Waals surface area contributed by atoms with Gasteiger partial charge in [0.05, 0.1) is 36.6 Å². The number of benzene rings is 1. The van der Waals surface area contributed by atoms with Gasteiger partial charge in [0.2, 0.25) is 0 Å². The quantitative estimate of drug-likeness (QED) is 0.526. The average Bonchev–Trinajstić information content (AvgIpc) is 2.74. The molecule has 31 heavy (non-hydrogen) atoms. The summed E-state index contributed by atoms with van der Waals surface area (Å²) >= 11 is 0. The van der Waals surface area contributed by atoms with E-state index in [0.717, 1.165) is 36.3 Å². The number of nitrogens with one attached hydrogen (secondary N) is 3. The molecule has 4 rings (SSSR count). The Morgan fingerprint density at radius 3 is 2.94 bits per heavy atom. The Kier molecular flexibility index (Phi) is 5.92. The van der Waals surface area contributed by atoms with Gasteiger partial charge in [-0.15, -0.1) is 0 Å². The number of anilines is 3. The number of ether oxygens (including phenoxy) is 1. The fraction of sp³-hybridized carbons (Fsp3) is 0.304. The Bertz CT molecular complexity index is 1170. The molecule has 8 nitrogen and oxygen atoms in total. The third kappa shape index (κ3) is 4.40. The lowest BCUT2D eigenvalue weighted by atomic mass is 10.1. The van der Waals surface area contributed by atoms with Gasteiger partial charge in [-0.1, -0.05) is 6.58 Å². The van der Waals surface area contributed by atoms with Gasteiger partial charge < -0.3 is 19.9 Å². The van der Waals surface area contributed by atoms with Gasteiger partial charge in [0.15, 0.2) is 0 Å². The SMILES string of the molecule is C=C(NOC)c1cc2cc[nH]c(=O)c2c(Nc2ccc(N3CCO[C@H](C)C3)c(C)c2)n1. The monoisotopic (exact) mass is 421 g/mol. The number of hydrogen-bond acceptors (Lipinski definition) is 7. The smallest absolute Gasteiger partial charge is 0.259 e. The summed E-state index contributed by atoms with van der Waals surface area (Å²) in [7, 11) is 1.51. The van der Waals surface area contributed by atoms with E-state index in [1.54, 1.807) is 12.3 Å². The molecule has 0 spiro atoms. The summed E-state index contributed by atoms with van der Waals surface area (Å²) in [6, 6.07) is 9.80. The molecule has 2 aromatic heterocycles. The van der Waals surface area contributed by atoms with Crippen molar-refractivity contribution in [3.8, 4) is 0 Å². The van der Waals surface area contributed by atoms with E-state index in [2.05, 4.69) is 58.2 Å². The van der Waals surface area contributed by atoms with Crippen LogP contribution in [0.2, 0.25) is 0 Å². The number of fused-ring (bicyclic) bond motifs is 1. The van der Waals surface area contributed by atoms with E-state index >= 15 is 0 Å². The van der Waals surface area contributed by atoms with Crippen LogP contribution < -0.4 is 21.3 Å². The number of H-pyrrole nitrogens is 1. The summed E-state index contributed by atoms with van der Waals surface area (Å²) in [5, 5.41) is 4.56. The number of morpholine rings is 1. The fourth-order valence-electron chi connectivity index (χ4n) is 3.90. The first kappa shape index (κ1) is 20.9. The number of rotatable bonds is 6. The number of aromatic nitrogens is 2. The van der Waals surface area contributed by atoms with Crippen molar-refractivity contribution in [3.05, 3.63) is 64.7 Å². The molecule has 0 amide bonds. The van der Waals surface area contributed by atoms with Crippen LogP contribution in [0.1, 0.15) is 18.2 Å². The van der Waals surface area contributed by atoms with Crippen LogP contribution in [0.4, 0.5) is 17.2 Å². The fourth-order valence-corrected chi connectivity index (χ4v) is 3.90. The number of hydrogen-bond donors (Lipinski definition) is 3. The summed E-state index contributed by atoms with van der Waals surface area (Å²) in [5.74, 6) is 0.459. The summed E-state index contributed by atoms with van der Waals surface area (Å²) in [6.45, 7) is 10.6. The highest BCUT2D eigenvalue weighted by atomic mass is 16.6. The van der Waals surface area contributed by atoms with Crippen LogP contribution in [0, 0.1) is 6.92 Å². The minimum atomic E-state index is -0.208. The van der Waals surface area contributed by atoms with Crippen molar-refractivity contribution in [2.45, 2.75) is 20.0 Å². The molecule has 0 bridgehead atoms. The molecule has 162 valence electrons. The number of aryl methyl sites for hydroxylation is 1. The van der Waals surface area contributed by atoms with Crippen molar-refractivity contribution in [1.82, 2.24) is 15.4 Å². The van der Waals surface area contributed by atoms with Crippen molar-refractivity contribution in [2.75, 3.05) is 37.0 Å². The van der Waals surface area contributed by atoms with E-state index in [0.29, 0.717) is 22.6 Å². The van der Waals surface area contributed by atoms with Crippen LogP contribution in [0.15, 0.2) is 47.9 Å². The van der Waals surface area contributed by atoms with Crippen molar-refractivity contribution in [2.24, 2.45) is 0 Å². The van der Waals surface area contributed by atoms with Crippen molar-refractivity contribution < 1.29 is 9.57 Å². The van der Waals surface area contributed by atoms with Crippen LogP contribution in [0.25, 0.3) is 16.5 Å². The van der Waals surface area contributed by atoms with E-state index in [1.165, 1.54) is 12.8 Å². The highest BCUT2D eigenvalue weighted by Gasteiger charge is 2.19. The van der Waals surface area contributed by atoms with E-state index < -0.39 is 0 Å². The third-order valence-electron chi connectivity index (χ3n) is 5.33. The number of nitrogens with zero attached hydrogens (tertiary/aromatic N) is 2. The normalized spacial score (nSPS) is 16.4. The van der Waals surface area contributed by atoms with E-state index in [9.17, 15) is 4.79 Å². The lowest BCUT2D eigenvalue weighted by Crippen LogP contribution is -2.41. The topological polar surface area (TPSA) is 91.5 Å². The van der Waals surface area contributed by atoms with Crippen molar-refractivity contribution in [1.29, 1.82) is 0 Å². The Morgan fingerprint density at radius 1 is 1.35 bits per heavy atom. The second-order valence-corrected chi connectivity index (χ2v) is 7.67. The molecule has 1 saturated heterocycles. The lowest BCUT2D eigenvalue weighted by molar-refractivity contribution is 0.0532. The van der Waals surface area contributed by atoms with Crippen LogP contribution >= 0.6 is 0 Å². The van der Waals surface area contributed by atoms with Crippen LogP contribution in [-0.4, -0.2) is 42.9 Å². The first-order chi connectivity index (χ1) is 15.0. The maximum Gasteiger partial charge on any atom is 0.259 e. The zero-order valence-electron chi connectivity index (χ0n) is 18.0. The summed E-state index contributed by atoms with van der Waals surface area (Å²) in [6.07, 6.45) is 1.83. The van der Waals surface area contributed by atoms with Gasteiger partial charge in [0.25, 0.3) is 5.56 Å². The maximum atomic E-state index is 12.5. The van der Waals surface area contributed by atoms with E-state index in [-0.39, 0.29) is 11.7 Å². The molecule has 3 N–H and O–H groups in total. The van der Waals surface area contributed by atoms with Crippen molar-refractivity contribution in [3.63, 3.8) is 0 Å². The molecule has 3 aromatic rings. The molecular formula is C23H27N5O3. The highest BCUT2D eigenvalue weighted by molar-refractivity contribution is 5.94. The minimum Gasteiger partial charge on any atom is -0.375 e. The Morgan fingerprint density at radius 2 is 2.19 bits per heavy atom. The molecule has 3 heterocycles. The van der Waals surface area contributed by atoms with Crippen LogP contribution in [-0.2, 0) is 9.57 Å².